The molecule has 0 spiro atoms. The second-order valence-electron chi connectivity index (χ2n) is 5.26. The van der Waals surface area contributed by atoms with Crippen LogP contribution in [0.15, 0.2) is 18.2 Å². The van der Waals surface area contributed by atoms with Crippen LogP contribution in [0.2, 0.25) is 5.02 Å². The quantitative estimate of drug-likeness (QED) is 0.837. The molecule has 0 bridgehead atoms. The highest BCUT2D eigenvalue weighted by atomic mass is 35.5. The summed E-state index contributed by atoms with van der Waals surface area (Å²) in [5.74, 6) is 0.644. The number of hydrogen-bond acceptors (Lipinski definition) is 3. The SMILES string of the molecule is CC1CCCN(CC(=O)Nc2ccc(Cl)cc2N)C1. The highest BCUT2D eigenvalue weighted by molar-refractivity contribution is 6.31. The molecule has 1 aromatic rings. The number of rotatable bonds is 3. The molecule has 0 aromatic heterocycles. The number of benzene rings is 1. The molecule has 0 saturated carbocycles. The van der Waals surface area contributed by atoms with Crippen molar-refractivity contribution in [1.82, 2.24) is 4.90 Å². The predicted molar refractivity (Wildman–Crippen MR) is 79.3 cm³/mol. The zero-order chi connectivity index (χ0) is 13.8. The van der Waals surface area contributed by atoms with Crippen molar-refractivity contribution in [1.29, 1.82) is 0 Å². The minimum Gasteiger partial charge on any atom is -0.397 e. The molecular formula is C14H20ClN3O. The molecule has 3 N–H and O–H groups in total. The maximum atomic E-state index is 12.0. The highest BCUT2D eigenvalue weighted by Gasteiger charge is 2.18. The van der Waals surface area contributed by atoms with Crippen molar-refractivity contribution in [3.63, 3.8) is 0 Å². The normalized spacial score (nSPS) is 20.2. The van der Waals surface area contributed by atoms with Gasteiger partial charge in [0.05, 0.1) is 17.9 Å². The Morgan fingerprint density at radius 3 is 3.05 bits per heavy atom. The second-order valence-corrected chi connectivity index (χ2v) is 5.70. The number of hydrogen-bond donors (Lipinski definition) is 2. The summed E-state index contributed by atoms with van der Waals surface area (Å²) >= 11 is 5.82. The molecule has 1 amide bonds. The lowest BCUT2D eigenvalue weighted by atomic mass is 10.0. The van der Waals surface area contributed by atoms with Gasteiger partial charge in [0, 0.05) is 11.6 Å². The van der Waals surface area contributed by atoms with Crippen LogP contribution in [0.3, 0.4) is 0 Å². The molecule has 104 valence electrons. The van der Waals surface area contributed by atoms with E-state index in [9.17, 15) is 4.79 Å². The van der Waals surface area contributed by atoms with Gasteiger partial charge in [0.2, 0.25) is 5.91 Å². The molecular weight excluding hydrogens is 262 g/mol. The first-order valence-corrected chi connectivity index (χ1v) is 6.99. The van der Waals surface area contributed by atoms with E-state index in [1.807, 2.05) is 0 Å². The van der Waals surface area contributed by atoms with Gasteiger partial charge < -0.3 is 11.1 Å². The number of nitrogen functional groups attached to an aromatic ring is 1. The topological polar surface area (TPSA) is 58.4 Å². The molecule has 1 fully saturated rings. The van der Waals surface area contributed by atoms with Crippen molar-refractivity contribution in [2.24, 2.45) is 5.92 Å². The Balaban J connectivity index is 1.90. The van der Waals surface area contributed by atoms with Crippen LogP contribution in [0.1, 0.15) is 19.8 Å². The van der Waals surface area contributed by atoms with Crippen molar-refractivity contribution in [3.05, 3.63) is 23.2 Å². The Hall–Kier alpha value is -1.26. The number of piperidine rings is 1. The predicted octanol–water partition coefficient (Wildman–Crippen LogP) is 2.59. The van der Waals surface area contributed by atoms with Gasteiger partial charge in [0.15, 0.2) is 0 Å². The van der Waals surface area contributed by atoms with E-state index in [1.165, 1.54) is 6.42 Å². The lowest BCUT2D eigenvalue weighted by molar-refractivity contribution is -0.117. The number of nitrogens with one attached hydrogen (secondary N) is 1. The molecule has 2 rings (SSSR count). The van der Waals surface area contributed by atoms with E-state index in [2.05, 4.69) is 17.1 Å². The van der Waals surface area contributed by atoms with Crippen LogP contribution in [0, 0.1) is 5.92 Å². The molecule has 1 aliphatic heterocycles. The first-order chi connectivity index (χ1) is 9.04. The Kier molecular flexibility index (Phi) is 4.66. The fourth-order valence-corrected chi connectivity index (χ4v) is 2.65. The van der Waals surface area contributed by atoms with Crippen molar-refractivity contribution in [2.45, 2.75) is 19.8 Å². The van der Waals surface area contributed by atoms with Gasteiger partial charge in [-0.2, -0.15) is 0 Å². The minimum atomic E-state index is -0.0249. The molecule has 4 nitrogen and oxygen atoms in total. The van der Waals surface area contributed by atoms with Crippen LogP contribution in [0.5, 0.6) is 0 Å². The van der Waals surface area contributed by atoms with Crippen molar-refractivity contribution in [3.8, 4) is 0 Å². The average Bonchev–Trinajstić information content (AvgIpc) is 2.33. The first kappa shape index (κ1) is 14.2. The molecule has 19 heavy (non-hydrogen) atoms. The smallest absolute Gasteiger partial charge is 0.238 e. The fraction of sp³-hybridized carbons (Fsp3) is 0.500. The zero-order valence-corrected chi connectivity index (χ0v) is 11.9. The average molecular weight is 282 g/mol. The van der Waals surface area contributed by atoms with Crippen LogP contribution < -0.4 is 11.1 Å². The van der Waals surface area contributed by atoms with Crippen LogP contribution in [-0.4, -0.2) is 30.4 Å². The van der Waals surface area contributed by atoms with Gasteiger partial charge in [-0.15, -0.1) is 0 Å². The fourth-order valence-electron chi connectivity index (χ4n) is 2.47. The number of amides is 1. The number of likely N-dealkylation sites (tertiary alicyclic amines) is 1. The Bertz CT molecular complexity index is 464. The molecule has 1 aliphatic rings. The van der Waals surface area contributed by atoms with Crippen molar-refractivity contribution >= 4 is 28.9 Å². The minimum absolute atomic E-state index is 0.0249. The Morgan fingerprint density at radius 2 is 2.37 bits per heavy atom. The third kappa shape index (κ3) is 4.11. The third-order valence-corrected chi connectivity index (χ3v) is 3.63. The Morgan fingerprint density at radius 1 is 1.58 bits per heavy atom. The molecule has 1 atom stereocenters. The van der Waals surface area contributed by atoms with Gasteiger partial charge in [-0.3, -0.25) is 9.69 Å². The van der Waals surface area contributed by atoms with Crippen molar-refractivity contribution in [2.75, 3.05) is 30.7 Å². The van der Waals surface area contributed by atoms with Crippen molar-refractivity contribution < 1.29 is 4.79 Å². The number of halogens is 1. The summed E-state index contributed by atoms with van der Waals surface area (Å²) in [6.07, 6.45) is 2.42. The van der Waals surface area contributed by atoms with Crippen LogP contribution >= 0.6 is 11.6 Å². The summed E-state index contributed by atoms with van der Waals surface area (Å²) < 4.78 is 0. The molecule has 1 heterocycles. The largest absolute Gasteiger partial charge is 0.397 e. The number of carbonyl (C=O) groups excluding carboxylic acids is 1. The van der Waals surface area contributed by atoms with Gasteiger partial charge in [0.25, 0.3) is 0 Å². The summed E-state index contributed by atoms with van der Waals surface area (Å²) in [7, 11) is 0. The van der Waals surface area contributed by atoms with E-state index in [4.69, 9.17) is 17.3 Å². The summed E-state index contributed by atoms with van der Waals surface area (Å²) in [5, 5.41) is 3.41. The van der Waals surface area contributed by atoms with Gasteiger partial charge in [-0.05, 0) is 43.5 Å². The zero-order valence-electron chi connectivity index (χ0n) is 11.2. The van der Waals surface area contributed by atoms with Crippen LogP contribution in [0.4, 0.5) is 11.4 Å². The van der Waals surface area contributed by atoms with Gasteiger partial charge in [-0.25, -0.2) is 0 Å². The Labute approximate surface area is 118 Å². The molecule has 1 aromatic carbocycles. The van der Waals surface area contributed by atoms with E-state index in [0.717, 1.165) is 19.5 Å². The number of nitrogens with zero attached hydrogens (tertiary/aromatic N) is 1. The summed E-state index contributed by atoms with van der Waals surface area (Å²) in [4.78, 5) is 14.2. The van der Waals surface area contributed by atoms with Crippen LogP contribution in [-0.2, 0) is 4.79 Å². The molecule has 1 saturated heterocycles. The standard InChI is InChI=1S/C14H20ClN3O/c1-10-3-2-6-18(8-10)9-14(19)17-13-5-4-11(15)7-12(13)16/h4-5,7,10H,2-3,6,8-9,16H2,1H3,(H,17,19). The van der Waals surface area contributed by atoms with Gasteiger partial charge in [-0.1, -0.05) is 18.5 Å². The van der Waals surface area contributed by atoms with Gasteiger partial charge in [0.1, 0.15) is 0 Å². The lowest BCUT2D eigenvalue weighted by Crippen LogP contribution is -2.39. The molecule has 0 radical (unpaired) electrons. The van der Waals surface area contributed by atoms with E-state index in [0.29, 0.717) is 28.9 Å². The van der Waals surface area contributed by atoms with Crippen LogP contribution in [0.25, 0.3) is 0 Å². The van der Waals surface area contributed by atoms with E-state index >= 15 is 0 Å². The lowest BCUT2D eigenvalue weighted by Gasteiger charge is -2.30. The molecule has 5 heteroatoms. The third-order valence-electron chi connectivity index (χ3n) is 3.40. The van der Waals surface area contributed by atoms with E-state index < -0.39 is 0 Å². The molecule has 0 aliphatic carbocycles. The van der Waals surface area contributed by atoms with E-state index in [-0.39, 0.29) is 5.91 Å². The number of anilines is 2. The van der Waals surface area contributed by atoms with Gasteiger partial charge >= 0.3 is 0 Å². The molecule has 1 unspecified atom stereocenters. The summed E-state index contributed by atoms with van der Waals surface area (Å²) in [5.41, 5.74) is 6.93. The monoisotopic (exact) mass is 281 g/mol. The first-order valence-electron chi connectivity index (χ1n) is 6.62. The number of nitrogens with two attached hydrogens (primary N) is 1. The maximum absolute atomic E-state index is 12.0. The highest BCUT2D eigenvalue weighted by Crippen LogP contribution is 2.22. The maximum Gasteiger partial charge on any atom is 0.238 e. The summed E-state index contributed by atoms with van der Waals surface area (Å²) in [6.45, 7) is 4.63. The number of carbonyl (C=O) groups is 1. The van der Waals surface area contributed by atoms with E-state index in [1.54, 1.807) is 18.2 Å². The summed E-state index contributed by atoms with van der Waals surface area (Å²) in [6, 6.07) is 5.09. The second kappa shape index (κ2) is 6.26.